The Labute approximate surface area is 155 Å². The van der Waals surface area contributed by atoms with Crippen LogP contribution in [0.4, 0.5) is 5.00 Å². The monoisotopic (exact) mass is 372 g/mol. The van der Waals surface area contributed by atoms with Crippen molar-refractivity contribution in [3.63, 3.8) is 0 Å². The minimum Gasteiger partial charge on any atom is -0.454 e. The lowest BCUT2D eigenvalue weighted by atomic mass is 10.1. The summed E-state index contributed by atoms with van der Waals surface area (Å²) in [5.74, 6) is 1.60. The zero-order valence-corrected chi connectivity index (χ0v) is 15.3. The number of rotatable bonds is 6. The van der Waals surface area contributed by atoms with Gasteiger partial charge in [-0.3, -0.25) is 9.59 Å². The molecular formula is C19H20N2O4S. The molecule has 26 heavy (non-hydrogen) atoms. The Morgan fingerprint density at radius 3 is 2.81 bits per heavy atom. The molecule has 2 aliphatic rings. The number of carbonyl (C=O) groups is 2. The summed E-state index contributed by atoms with van der Waals surface area (Å²) in [4.78, 5) is 24.9. The van der Waals surface area contributed by atoms with E-state index in [0.717, 1.165) is 40.5 Å². The summed E-state index contributed by atoms with van der Waals surface area (Å²) in [6, 6.07) is 7.66. The largest absolute Gasteiger partial charge is 0.454 e. The highest BCUT2D eigenvalue weighted by Crippen LogP contribution is 2.33. The number of fused-ring (bicyclic) bond motifs is 1. The first-order valence-electron chi connectivity index (χ1n) is 8.68. The molecule has 2 aromatic rings. The molecule has 1 aliphatic heterocycles. The highest BCUT2D eigenvalue weighted by atomic mass is 32.1. The lowest BCUT2D eigenvalue weighted by Crippen LogP contribution is -2.25. The van der Waals surface area contributed by atoms with Crippen LogP contribution < -0.4 is 20.1 Å². The molecule has 1 aromatic carbocycles. The zero-order chi connectivity index (χ0) is 18.1. The molecule has 0 spiro atoms. The van der Waals surface area contributed by atoms with Gasteiger partial charge in [-0.15, -0.1) is 11.3 Å². The van der Waals surface area contributed by atoms with Gasteiger partial charge in [-0.1, -0.05) is 6.07 Å². The Kier molecular flexibility index (Phi) is 4.55. The van der Waals surface area contributed by atoms with Gasteiger partial charge in [-0.25, -0.2) is 0 Å². The number of ether oxygens (including phenoxy) is 2. The Morgan fingerprint density at radius 2 is 2.00 bits per heavy atom. The van der Waals surface area contributed by atoms with Crippen LogP contribution >= 0.6 is 11.3 Å². The predicted octanol–water partition coefficient (Wildman–Crippen LogP) is 3.11. The number of benzene rings is 1. The summed E-state index contributed by atoms with van der Waals surface area (Å²) in [5, 5.41) is 6.58. The fourth-order valence-electron chi connectivity index (χ4n) is 2.84. The van der Waals surface area contributed by atoms with Gasteiger partial charge in [-0.2, -0.15) is 0 Å². The summed E-state index contributed by atoms with van der Waals surface area (Å²) < 4.78 is 10.7. The van der Waals surface area contributed by atoms with E-state index in [-0.39, 0.29) is 24.5 Å². The van der Waals surface area contributed by atoms with Crippen LogP contribution in [0.3, 0.4) is 0 Å². The number of hydrogen-bond donors (Lipinski definition) is 2. The number of anilines is 1. The normalized spacial score (nSPS) is 15.0. The quantitative estimate of drug-likeness (QED) is 0.817. The maximum Gasteiger partial charge on any atom is 0.261 e. The van der Waals surface area contributed by atoms with Crippen molar-refractivity contribution in [1.29, 1.82) is 0 Å². The highest BCUT2D eigenvalue weighted by molar-refractivity contribution is 7.18. The van der Waals surface area contributed by atoms with Crippen molar-refractivity contribution in [2.75, 3.05) is 18.7 Å². The highest BCUT2D eigenvalue weighted by Gasteiger charge is 2.30. The second kappa shape index (κ2) is 6.99. The molecule has 0 bridgehead atoms. The van der Waals surface area contributed by atoms with E-state index in [1.54, 1.807) is 0 Å². The number of carbonyl (C=O) groups excluding carboxylic acids is 2. The minimum atomic E-state index is -0.111. The van der Waals surface area contributed by atoms with E-state index in [1.165, 1.54) is 11.3 Å². The molecule has 4 rings (SSSR count). The molecule has 2 amide bonds. The van der Waals surface area contributed by atoms with Gasteiger partial charge in [0.15, 0.2) is 11.5 Å². The molecule has 0 unspecified atom stereocenters. The van der Waals surface area contributed by atoms with Crippen molar-refractivity contribution < 1.29 is 19.1 Å². The third-order valence-corrected chi connectivity index (χ3v) is 5.61. The Morgan fingerprint density at radius 1 is 1.19 bits per heavy atom. The molecule has 136 valence electrons. The van der Waals surface area contributed by atoms with E-state index in [2.05, 4.69) is 10.6 Å². The Hall–Kier alpha value is -2.54. The first-order valence-corrected chi connectivity index (χ1v) is 9.50. The van der Waals surface area contributed by atoms with Gasteiger partial charge in [0, 0.05) is 12.5 Å². The average molecular weight is 372 g/mol. The van der Waals surface area contributed by atoms with Gasteiger partial charge in [0.05, 0.1) is 9.88 Å². The number of amides is 2. The molecule has 1 aliphatic carbocycles. The molecule has 6 nitrogen and oxygen atoms in total. The maximum atomic E-state index is 12.4. The van der Waals surface area contributed by atoms with Crippen molar-refractivity contribution in [1.82, 2.24) is 5.32 Å². The van der Waals surface area contributed by atoms with Gasteiger partial charge in [0.2, 0.25) is 12.7 Å². The van der Waals surface area contributed by atoms with Crippen molar-refractivity contribution in [3.05, 3.63) is 40.3 Å². The lowest BCUT2D eigenvalue weighted by Gasteiger charge is -2.06. The number of nitrogens with one attached hydrogen (secondary N) is 2. The van der Waals surface area contributed by atoms with Crippen LogP contribution in [0.5, 0.6) is 11.5 Å². The first kappa shape index (κ1) is 16.9. The Bertz CT molecular complexity index is 857. The SMILES string of the molecule is Cc1cc(NC(=O)C2CC2)sc1C(=O)NCCc1ccc2c(c1)OCO2. The van der Waals surface area contributed by atoms with Crippen LogP contribution in [-0.2, 0) is 11.2 Å². The van der Waals surface area contributed by atoms with E-state index < -0.39 is 0 Å². The van der Waals surface area contributed by atoms with Crippen LogP contribution in [0.25, 0.3) is 0 Å². The van der Waals surface area contributed by atoms with Gasteiger partial charge in [-0.05, 0) is 55.5 Å². The fraction of sp³-hybridized carbons (Fsp3) is 0.368. The van der Waals surface area contributed by atoms with E-state index in [4.69, 9.17) is 9.47 Å². The van der Waals surface area contributed by atoms with Crippen LogP contribution in [-0.4, -0.2) is 25.2 Å². The van der Waals surface area contributed by atoms with Crippen molar-refractivity contribution in [3.8, 4) is 11.5 Å². The molecular weight excluding hydrogens is 352 g/mol. The van der Waals surface area contributed by atoms with Crippen molar-refractivity contribution in [2.45, 2.75) is 26.2 Å². The van der Waals surface area contributed by atoms with E-state index >= 15 is 0 Å². The summed E-state index contributed by atoms with van der Waals surface area (Å²) in [6.07, 6.45) is 2.63. The van der Waals surface area contributed by atoms with Crippen LogP contribution in [0.2, 0.25) is 0 Å². The zero-order valence-electron chi connectivity index (χ0n) is 14.5. The minimum absolute atomic E-state index is 0.0565. The van der Waals surface area contributed by atoms with E-state index in [0.29, 0.717) is 17.8 Å². The average Bonchev–Trinajstić information content (AvgIpc) is 3.27. The van der Waals surface area contributed by atoms with Gasteiger partial charge in [0.1, 0.15) is 0 Å². The Balaban J connectivity index is 1.31. The first-order chi connectivity index (χ1) is 12.6. The van der Waals surface area contributed by atoms with Crippen molar-refractivity contribution >= 4 is 28.2 Å². The molecule has 1 aromatic heterocycles. The second-order valence-corrected chi connectivity index (χ2v) is 7.63. The lowest BCUT2D eigenvalue weighted by molar-refractivity contribution is -0.117. The summed E-state index contributed by atoms with van der Waals surface area (Å²) in [7, 11) is 0. The second-order valence-electron chi connectivity index (χ2n) is 6.58. The molecule has 2 heterocycles. The summed E-state index contributed by atoms with van der Waals surface area (Å²) >= 11 is 1.32. The summed E-state index contributed by atoms with van der Waals surface area (Å²) in [5.41, 5.74) is 1.96. The molecule has 1 saturated carbocycles. The van der Waals surface area contributed by atoms with Crippen LogP contribution in [0.1, 0.15) is 33.6 Å². The molecule has 0 atom stereocenters. The summed E-state index contributed by atoms with van der Waals surface area (Å²) in [6.45, 7) is 2.67. The number of hydrogen-bond acceptors (Lipinski definition) is 5. The fourth-order valence-corrected chi connectivity index (χ4v) is 3.83. The third-order valence-electron chi connectivity index (χ3n) is 4.45. The van der Waals surface area contributed by atoms with E-state index in [1.807, 2.05) is 31.2 Å². The molecule has 0 saturated heterocycles. The van der Waals surface area contributed by atoms with Gasteiger partial charge >= 0.3 is 0 Å². The molecule has 7 heteroatoms. The topological polar surface area (TPSA) is 76.7 Å². The molecule has 0 radical (unpaired) electrons. The van der Waals surface area contributed by atoms with Crippen molar-refractivity contribution in [2.24, 2.45) is 5.92 Å². The van der Waals surface area contributed by atoms with Gasteiger partial charge in [0.25, 0.3) is 5.91 Å². The third kappa shape index (κ3) is 3.67. The van der Waals surface area contributed by atoms with Crippen LogP contribution in [0, 0.1) is 12.8 Å². The predicted molar refractivity (Wildman–Crippen MR) is 99.0 cm³/mol. The number of aryl methyl sites for hydroxylation is 1. The maximum absolute atomic E-state index is 12.4. The smallest absolute Gasteiger partial charge is 0.261 e. The van der Waals surface area contributed by atoms with Crippen LogP contribution in [0.15, 0.2) is 24.3 Å². The molecule has 1 fully saturated rings. The molecule has 2 N–H and O–H groups in total. The number of thiophene rings is 1. The van der Waals surface area contributed by atoms with Gasteiger partial charge < -0.3 is 20.1 Å². The van der Waals surface area contributed by atoms with E-state index in [9.17, 15) is 9.59 Å². The standard InChI is InChI=1S/C19H20N2O4S/c1-11-8-16(21-18(22)13-3-4-13)26-17(11)19(23)20-7-6-12-2-5-14-15(9-12)25-10-24-14/h2,5,8-9,13H,3-4,6-7,10H2,1H3,(H,20,23)(H,21,22).